The molecular formula is C15H18N2O2S. The van der Waals surface area contributed by atoms with Gasteiger partial charge in [0.15, 0.2) is 11.5 Å². The Morgan fingerprint density at radius 1 is 1.20 bits per heavy atom. The fourth-order valence-electron chi connectivity index (χ4n) is 2.13. The maximum atomic E-state index is 5.72. The predicted octanol–water partition coefficient (Wildman–Crippen LogP) is 2.86. The summed E-state index contributed by atoms with van der Waals surface area (Å²) in [6.07, 6.45) is 2.85. The molecule has 1 aromatic carbocycles. The second-order valence-corrected chi connectivity index (χ2v) is 5.67. The summed E-state index contributed by atoms with van der Waals surface area (Å²) < 4.78 is 11.4. The molecule has 0 amide bonds. The zero-order chi connectivity index (χ0) is 13.8. The Balaban J connectivity index is 1.83. The first-order valence-corrected chi connectivity index (χ1v) is 7.79. The summed E-state index contributed by atoms with van der Waals surface area (Å²) >= 11 is 1.69. The van der Waals surface area contributed by atoms with Crippen LogP contribution >= 0.6 is 11.3 Å². The van der Waals surface area contributed by atoms with E-state index in [2.05, 4.69) is 10.4 Å². The molecular weight excluding hydrogens is 272 g/mol. The normalized spacial score (nSPS) is 14.1. The lowest BCUT2D eigenvalue weighted by Crippen LogP contribution is -1.99. The fraction of sp³-hybridized carbons (Fsp3) is 0.400. The van der Waals surface area contributed by atoms with E-state index < -0.39 is 0 Å². The Kier molecular flexibility index (Phi) is 4.18. The van der Waals surface area contributed by atoms with Gasteiger partial charge < -0.3 is 15.2 Å². The molecule has 0 saturated heterocycles. The minimum atomic E-state index is 0.704. The zero-order valence-electron chi connectivity index (χ0n) is 11.3. The van der Waals surface area contributed by atoms with E-state index >= 15 is 0 Å². The number of benzene rings is 1. The van der Waals surface area contributed by atoms with Gasteiger partial charge in [-0.25, -0.2) is 4.98 Å². The highest BCUT2D eigenvalue weighted by Gasteiger charge is 2.12. The monoisotopic (exact) mass is 290 g/mol. The smallest absolute Gasteiger partial charge is 0.161 e. The van der Waals surface area contributed by atoms with Gasteiger partial charge in [-0.3, -0.25) is 0 Å². The van der Waals surface area contributed by atoms with Crippen LogP contribution in [0.15, 0.2) is 23.6 Å². The molecule has 2 aromatic rings. The molecule has 0 unspecified atom stereocenters. The molecule has 20 heavy (non-hydrogen) atoms. The lowest BCUT2D eigenvalue weighted by atomic mass is 10.1. The molecule has 0 aliphatic carbocycles. The Bertz CT molecular complexity index is 583. The number of ether oxygens (including phenoxy) is 2. The SMILES string of the molecule is NCCCc1nc(-c2ccc3c(c2)OCCCO3)cs1. The summed E-state index contributed by atoms with van der Waals surface area (Å²) in [5.74, 6) is 1.64. The van der Waals surface area contributed by atoms with Gasteiger partial charge >= 0.3 is 0 Å². The number of rotatable bonds is 4. The van der Waals surface area contributed by atoms with E-state index in [1.54, 1.807) is 11.3 Å². The van der Waals surface area contributed by atoms with Gasteiger partial charge in [0.25, 0.3) is 0 Å². The molecule has 0 radical (unpaired) electrons. The number of hydrogen-bond donors (Lipinski definition) is 1. The second-order valence-electron chi connectivity index (χ2n) is 4.73. The minimum absolute atomic E-state index is 0.704. The van der Waals surface area contributed by atoms with E-state index in [4.69, 9.17) is 15.2 Å². The van der Waals surface area contributed by atoms with Crippen molar-refractivity contribution in [2.45, 2.75) is 19.3 Å². The number of nitrogens with zero attached hydrogens (tertiary/aromatic N) is 1. The molecule has 1 aliphatic rings. The Hall–Kier alpha value is -1.59. The molecule has 1 aromatic heterocycles. The van der Waals surface area contributed by atoms with Crippen LogP contribution < -0.4 is 15.2 Å². The third-order valence-corrected chi connectivity index (χ3v) is 4.10. The molecule has 4 nitrogen and oxygen atoms in total. The van der Waals surface area contributed by atoms with Gasteiger partial charge in [0.05, 0.1) is 23.9 Å². The zero-order valence-corrected chi connectivity index (χ0v) is 12.1. The van der Waals surface area contributed by atoms with Crippen molar-refractivity contribution in [3.63, 3.8) is 0 Å². The summed E-state index contributed by atoms with van der Waals surface area (Å²) in [5, 5.41) is 3.23. The minimum Gasteiger partial charge on any atom is -0.490 e. The first kappa shape index (κ1) is 13.4. The first-order chi connectivity index (χ1) is 9.86. The fourth-order valence-corrected chi connectivity index (χ4v) is 2.98. The quantitative estimate of drug-likeness (QED) is 0.940. The molecule has 0 atom stereocenters. The summed E-state index contributed by atoms with van der Waals surface area (Å²) in [6, 6.07) is 6.02. The van der Waals surface area contributed by atoms with Crippen molar-refractivity contribution < 1.29 is 9.47 Å². The van der Waals surface area contributed by atoms with Gasteiger partial charge in [0, 0.05) is 23.8 Å². The van der Waals surface area contributed by atoms with E-state index in [0.29, 0.717) is 19.8 Å². The number of hydrogen-bond acceptors (Lipinski definition) is 5. The van der Waals surface area contributed by atoms with Gasteiger partial charge in [-0.2, -0.15) is 0 Å². The molecule has 0 fully saturated rings. The second kappa shape index (κ2) is 6.24. The number of nitrogens with two attached hydrogens (primary N) is 1. The number of aromatic nitrogens is 1. The molecule has 0 spiro atoms. The topological polar surface area (TPSA) is 57.4 Å². The van der Waals surface area contributed by atoms with E-state index in [-0.39, 0.29) is 0 Å². The largest absolute Gasteiger partial charge is 0.490 e. The Labute approximate surface area is 122 Å². The first-order valence-electron chi connectivity index (χ1n) is 6.91. The molecule has 2 heterocycles. The van der Waals surface area contributed by atoms with Crippen molar-refractivity contribution in [1.82, 2.24) is 4.98 Å². The van der Waals surface area contributed by atoms with Crippen LogP contribution in [0.3, 0.4) is 0 Å². The third-order valence-electron chi connectivity index (χ3n) is 3.19. The van der Waals surface area contributed by atoms with Crippen LogP contribution in [0.4, 0.5) is 0 Å². The summed E-state index contributed by atoms with van der Waals surface area (Å²) in [5.41, 5.74) is 7.60. The van der Waals surface area contributed by atoms with Crippen LogP contribution in [-0.2, 0) is 6.42 Å². The Morgan fingerprint density at radius 2 is 2.05 bits per heavy atom. The van der Waals surface area contributed by atoms with Crippen molar-refractivity contribution in [2.75, 3.05) is 19.8 Å². The van der Waals surface area contributed by atoms with Gasteiger partial charge in [-0.1, -0.05) is 0 Å². The van der Waals surface area contributed by atoms with Crippen molar-refractivity contribution >= 4 is 11.3 Å². The average Bonchev–Trinajstić information content (AvgIpc) is 2.82. The molecule has 106 valence electrons. The maximum Gasteiger partial charge on any atom is 0.161 e. The van der Waals surface area contributed by atoms with Crippen LogP contribution in [0.25, 0.3) is 11.3 Å². The Morgan fingerprint density at radius 3 is 2.90 bits per heavy atom. The van der Waals surface area contributed by atoms with E-state index in [1.165, 1.54) is 0 Å². The highest BCUT2D eigenvalue weighted by molar-refractivity contribution is 7.09. The third kappa shape index (κ3) is 2.94. The highest BCUT2D eigenvalue weighted by Crippen LogP contribution is 2.34. The molecule has 0 saturated carbocycles. The van der Waals surface area contributed by atoms with Gasteiger partial charge in [0.1, 0.15) is 0 Å². The van der Waals surface area contributed by atoms with Crippen LogP contribution in [-0.4, -0.2) is 24.7 Å². The number of aryl methyl sites for hydroxylation is 1. The van der Waals surface area contributed by atoms with Gasteiger partial charge in [-0.05, 0) is 31.2 Å². The van der Waals surface area contributed by atoms with Crippen molar-refractivity contribution in [2.24, 2.45) is 5.73 Å². The number of thiazole rings is 1. The summed E-state index contributed by atoms with van der Waals surface area (Å²) in [6.45, 7) is 2.13. The average molecular weight is 290 g/mol. The van der Waals surface area contributed by atoms with Crippen molar-refractivity contribution in [1.29, 1.82) is 0 Å². The highest BCUT2D eigenvalue weighted by atomic mass is 32.1. The van der Waals surface area contributed by atoms with Crippen LogP contribution in [0, 0.1) is 0 Å². The molecule has 1 aliphatic heterocycles. The van der Waals surface area contributed by atoms with E-state index in [9.17, 15) is 0 Å². The van der Waals surface area contributed by atoms with Crippen molar-refractivity contribution in [3.8, 4) is 22.8 Å². The van der Waals surface area contributed by atoms with Gasteiger partial charge in [0.2, 0.25) is 0 Å². The van der Waals surface area contributed by atoms with E-state index in [1.807, 2.05) is 18.2 Å². The molecule has 5 heteroatoms. The lowest BCUT2D eigenvalue weighted by molar-refractivity contribution is 0.297. The molecule has 2 N–H and O–H groups in total. The maximum absolute atomic E-state index is 5.72. The molecule has 3 rings (SSSR count). The summed E-state index contributed by atoms with van der Waals surface area (Å²) in [7, 11) is 0. The van der Waals surface area contributed by atoms with Crippen molar-refractivity contribution in [3.05, 3.63) is 28.6 Å². The number of fused-ring (bicyclic) bond motifs is 1. The predicted molar refractivity (Wildman–Crippen MR) is 80.5 cm³/mol. The lowest BCUT2D eigenvalue weighted by Gasteiger charge is -2.08. The van der Waals surface area contributed by atoms with Crippen LogP contribution in [0.2, 0.25) is 0 Å². The van der Waals surface area contributed by atoms with E-state index in [0.717, 1.165) is 47.0 Å². The van der Waals surface area contributed by atoms with Crippen LogP contribution in [0.1, 0.15) is 17.8 Å². The standard InChI is InChI=1S/C15H18N2O2S/c16-6-1-3-15-17-12(10-20-15)11-4-5-13-14(9-11)19-8-2-7-18-13/h4-5,9-10H,1-3,6-8,16H2. The van der Waals surface area contributed by atoms with Crippen LogP contribution in [0.5, 0.6) is 11.5 Å². The summed E-state index contributed by atoms with van der Waals surface area (Å²) in [4.78, 5) is 4.66. The molecule has 0 bridgehead atoms. The van der Waals surface area contributed by atoms with Gasteiger partial charge in [-0.15, -0.1) is 11.3 Å².